The van der Waals surface area contributed by atoms with E-state index in [1.54, 1.807) is 6.07 Å². The Morgan fingerprint density at radius 2 is 2.22 bits per heavy atom. The number of rotatable bonds is 6. The predicted octanol–water partition coefficient (Wildman–Crippen LogP) is 4.47. The summed E-state index contributed by atoms with van der Waals surface area (Å²) in [7, 11) is 0. The van der Waals surface area contributed by atoms with Crippen molar-refractivity contribution in [2.24, 2.45) is 0 Å². The summed E-state index contributed by atoms with van der Waals surface area (Å²) >= 11 is 7.69. The van der Waals surface area contributed by atoms with Gasteiger partial charge < -0.3 is 20.4 Å². The van der Waals surface area contributed by atoms with Gasteiger partial charge in [-0.1, -0.05) is 11.6 Å². The molecule has 0 amide bonds. The number of hydrogen-bond acceptors (Lipinski definition) is 5. The van der Waals surface area contributed by atoms with Gasteiger partial charge >= 0.3 is 0 Å². The zero-order valence-corrected chi connectivity index (χ0v) is 16.7. The molecule has 1 aliphatic heterocycles. The SMILES string of the molecule is Cc1cc(Cl)cc2c1OCCC2NCCCNc1cc(=O)c2sccc2[nH]1. The molecule has 1 atom stereocenters. The maximum atomic E-state index is 12.0. The van der Waals surface area contributed by atoms with Gasteiger partial charge in [0.1, 0.15) is 11.6 Å². The lowest BCUT2D eigenvalue weighted by molar-refractivity contribution is 0.251. The van der Waals surface area contributed by atoms with E-state index in [0.717, 1.165) is 63.9 Å². The molecule has 3 N–H and O–H groups in total. The van der Waals surface area contributed by atoms with Crippen LogP contribution in [0.15, 0.2) is 34.4 Å². The number of nitrogens with one attached hydrogen (secondary N) is 3. The van der Waals surface area contributed by atoms with Gasteiger partial charge in [0.05, 0.1) is 16.8 Å². The molecule has 142 valence electrons. The minimum atomic E-state index is 0.0606. The van der Waals surface area contributed by atoms with E-state index in [0.29, 0.717) is 6.61 Å². The van der Waals surface area contributed by atoms with Gasteiger partial charge in [0.15, 0.2) is 0 Å². The van der Waals surface area contributed by atoms with Crippen LogP contribution in [0.5, 0.6) is 5.75 Å². The van der Waals surface area contributed by atoms with Crippen molar-refractivity contribution in [3.63, 3.8) is 0 Å². The standard InChI is InChI=1S/C20H22ClN3O2S/c1-12-9-13(21)10-14-15(3-7-26-19(12)14)22-5-2-6-23-18-11-17(25)20-16(24-18)4-8-27-20/h4,8-11,15,22H,2-3,5-7H2,1H3,(H2,23,24,25). The fourth-order valence-electron chi connectivity index (χ4n) is 3.52. The molecule has 3 heterocycles. The number of H-pyrrole nitrogens is 1. The highest BCUT2D eigenvalue weighted by Gasteiger charge is 2.22. The molecule has 0 aliphatic carbocycles. The third-order valence-corrected chi connectivity index (χ3v) is 5.94. The smallest absolute Gasteiger partial charge is 0.201 e. The number of aromatic amines is 1. The van der Waals surface area contributed by atoms with E-state index in [1.165, 1.54) is 11.3 Å². The van der Waals surface area contributed by atoms with Gasteiger partial charge in [-0.05, 0) is 49.0 Å². The van der Waals surface area contributed by atoms with Crippen molar-refractivity contribution in [2.45, 2.75) is 25.8 Å². The first-order valence-electron chi connectivity index (χ1n) is 9.12. The summed E-state index contributed by atoms with van der Waals surface area (Å²) in [6.07, 6.45) is 1.87. The van der Waals surface area contributed by atoms with Crippen LogP contribution < -0.4 is 20.8 Å². The molecule has 0 saturated heterocycles. The van der Waals surface area contributed by atoms with Crippen molar-refractivity contribution in [1.29, 1.82) is 0 Å². The summed E-state index contributed by atoms with van der Waals surface area (Å²) in [5.74, 6) is 1.73. The molecule has 0 fully saturated rings. The highest BCUT2D eigenvalue weighted by atomic mass is 35.5. The quantitative estimate of drug-likeness (QED) is 0.531. The Morgan fingerprint density at radius 1 is 1.33 bits per heavy atom. The summed E-state index contributed by atoms with van der Waals surface area (Å²) in [5, 5.41) is 9.59. The van der Waals surface area contributed by atoms with E-state index in [2.05, 4.69) is 15.6 Å². The molecule has 0 radical (unpaired) electrons. The maximum Gasteiger partial charge on any atom is 0.201 e. The molecular weight excluding hydrogens is 382 g/mol. The molecule has 0 saturated carbocycles. The van der Waals surface area contributed by atoms with E-state index >= 15 is 0 Å². The van der Waals surface area contributed by atoms with Crippen molar-refractivity contribution in [2.75, 3.05) is 25.0 Å². The predicted molar refractivity (Wildman–Crippen MR) is 113 cm³/mol. The van der Waals surface area contributed by atoms with Crippen LogP contribution >= 0.6 is 22.9 Å². The Hall–Kier alpha value is -2.02. The number of aryl methyl sites for hydroxylation is 1. The first-order valence-corrected chi connectivity index (χ1v) is 10.4. The largest absolute Gasteiger partial charge is 0.493 e. The first kappa shape index (κ1) is 18.3. The topological polar surface area (TPSA) is 66.2 Å². The molecule has 27 heavy (non-hydrogen) atoms. The van der Waals surface area contributed by atoms with Gasteiger partial charge in [-0.3, -0.25) is 4.79 Å². The second-order valence-corrected chi connectivity index (χ2v) is 8.13. The number of anilines is 1. The zero-order valence-electron chi connectivity index (χ0n) is 15.1. The molecular formula is C20H22ClN3O2S. The van der Waals surface area contributed by atoms with Crippen LogP contribution in [0.1, 0.15) is 30.0 Å². The van der Waals surface area contributed by atoms with Gasteiger partial charge in [-0.2, -0.15) is 0 Å². The number of thiophene rings is 1. The average Bonchev–Trinajstić information content (AvgIpc) is 3.11. The Balaban J connectivity index is 1.31. The van der Waals surface area contributed by atoms with Gasteiger partial charge in [0.25, 0.3) is 0 Å². The lowest BCUT2D eigenvalue weighted by atomic mass is 9.98. The van der Waals surface area contributed by atoms with Gasteiger partial charge in [0, 0.05) is 35.7 Å². The number of ether oxygens (including phenoxy) is 1. The zero-order chi connectivity index (χ0) is 18.8. The minimum absolute atomic E-state index is 0.0606. The van der Waals surface area contributed by atoms with Crippen LogP contribution in [0, 0.1) is 6.92 Å². The highest BCUT2D eigenvalue weighted by molar-refractivity contribution is 7.17. The van der Waals surface area contributed by atoms with Crippen LogP contribution in [0.2, 0.25) is 5.02 Å². The molecule has 2 aromatic heterocycles. The van der Waals surface area contributed by atoms with Gasteiger partial charge in [-0.25, -0.2) is 0 Å². The second kappa shape index (κ2) is 7.92. The normalized spacial score (nSPS) is 16.1. The molecule has 3 aromatic rings. The molecule has 4 rings (SSSR count). The molecule has 7 heteroatoms. The van der Waals surface area contributed by atoms with Crippen LogP contribution in [-0.4, -0.2) is 24.7 Å². The molecule has 5 nitrogen and oxygen atoms in total. The van der Waals surface area contributed by atoms with E-state index < -0.39 is 0 Å². The summed E-state index contributed by atoms with van der Waals surface area (Å²) < 4.78 is 6.59. The number of fused-ring (bicyclic) bond motifs is 2. The van der Waals surface area contributed by atoms with E-state index in [9.17, 15) is 4.79 Å². The Kier molecular flexibility index (Phi) is 5.38. The van der Waals surface area contributed by atoms with Crippen molar-refractivity contribution < 1.29 is 4.74 Å². The summed E-state index contributed by atoms with van der Waals surface area (Å²) in [6, 6.07) is 7.76. The van der Waals surface area contributed by atoms with E-state index in [1.807, 2.05) is 30.5 Å². The van der Waals surface area contributed by atoms with E-state index in [-0.39, 0.29) is 11.5 Å². The van der Waals surface area contributed by atoms with Crippen molar-refractivity contribution in [3.05, 3.63) is 56.0 Å². The molecule has 1 aromatic carbocycles. The number of aromatic nitrogens is 1. The molecule has 1 unspecified atom stereocenters. The fraction of sp³-hybridized carbons (Fsp3) is 0.350. The summed E-state index contributed by atoms with van der Waals surface area (Å²) in [4.78, 5) is 15.3. The van der Waals surface area contributed by atoms with Crippen molar-refractivity contribution in [1.82, 2.24) is 10.3 Å². The lowest BCUT2D eigenvalue weighted by Crippen LogP contribution is -2.29. The monoisotopic (exact) mass is 403 g/mol. The van der Waals surface area contributed by atoms with Crippen molar-refractivity contribution >= 4 is 39.0 Å². The molecule has 1 aliphatic rings. The highest BCUT2D eigenvalue weighted by Crippen LogP contribution is 2.36. The lowest BCUT2D eigenvalue weighted by Gasteiger charge is -2.28. The molecule has 0 spiro atoms. The van der Waals surface area contributed by atoms with Gasteiger partial charge in [-0.15, -0.1) is 11.3 Å². The Labute approximate surface area is 166 Å². The minimum Gasteiger partial charge on any atom is -0.493 e. The third kappa shape index (κ3) is 3.98. The number of halogens is 1. The summed E-state index contributed by atoms with van der Waals surface area (Å²) in [5.41, 5.74) is 3.18. The third-order valence-electron chi connectivity index (χ3n) is 4.79. The van der Waals surface area contributed by atoms with Crippen LogP contribution in [0.4, 0.5) is 5.82 Å². The number of benzene rings is 1. The van der Waals surface area contributed by atoms with Crippen LogP contribution in [-0.2, 0) is 0 Å². The number of pyridine rings is 1. The Morgan fingerprint density at radius 3 is 3.11 bits per heavy atom. The second-order valence-electron chi connectivity index (χ2n) is 6.78. The first-order chi connectivity index (χ1) is 13.1. The van der Waals surface area contributed by atoms with Crippen LogP contribution in [0.25, 0.3) is 10.2 Å². The van der Waals surface area contributed by atoms with Crippen molar-refractivity contribution in [3.8, 4) is 5.75 Å². The van der Waals surface area contributed by atoms with Crippen LogP contribution in [0.3, 0.4) is 0 Å². The fourth-order valence-corrected chi connectivity index (χ4v) is 4.56. The average molecular weight is 404 g/mol. The number of hydrogen-bond donors (Lipinski definition) is 3. The molecule has 0 bridgehead atoms. The summed E-state index contributed by atoms with van der Waals surface area (Å²) in [6.45, 7) is 4.40. The maximum absolute atomic E-state index is 12.0. The van der Waals surface area contributed by atoms with Gasteiger partial charge in [0.2, 0.25) is 5.43 Å². The Bertz CT molecular complexity index is 1010. The van der Waals surface area contributed by atoms with E-state index in [4.69, 9.17) is 16.3 Å².